The van der Waals surface area contributed by atoms with E-state index in [9.17, 15) is 4.79 Å². The number of fused-ring (bicyclic) bond motifs is 1. The van der Waals surface area contributed by atoms with Gasteiger partial charge in [0.15, 0.2) is 11.5 Å². The van der Waals surface area contributed by atoms with Crippen molar-refractivity contribution in [2.75, 3.05) is 25.2 Å². The molecule has 102 valence electrons. The second-order valence-electron chi connectivity index (χ2n) is 4.81. The minimum absolute atomic E-state index is 0.110. The van der Waals surface area contributed by atoms with Gasteiger partial charge in [0.1, 0.15) is 0 Å². The first-order chi connectivity index (χ1) is 9.22. The van der Waals surface area contributed by atoms with Crippen molar-refractivity contribution in [3.63, 3.8) is 0 Å². The van der Waals surface area contributed by atoms with Gasteiger partial charge in [-0.2, -0.15) is 0 Å². The lowest BCUT2D eigenvalue weighted by Crippen LogP contribution is -2.29. The van der Waals surface area contributed by atoms with Gasteiger partial charge in [-0.05, 0) is 25.3 Å². The fraction of sp³-hybridized carbons (Fsp3) is 0.462. The molecule has 0 radical (unpaired) electrons. The zero-order valence-electron chi connectivity index (χ0n) is 10.4. The highest BCUT2D eigenvalue weighted by Crippen LogP contribution is 2.39. The number of hydrogen-bond acceptors (Lipinski definition) is 4. The summed E-state index contributed by atoms with van der Waals surface area (Å²) in [4.78, 5) is 11.8. The summed E-state index contributed by atoms with van der Waals surface area (Å²) in [7, 11) is 0. The number of benzene rings is 1. The highest BCUT2D eigenvalue weighted by molar-refractivity contribution is 6.34. The number of halogens is 1. The number of ether oxygens (including phenoxy) is 2. The van der Waals surface area contributed by atoms with E-state index in [1.807, 2.05) is 0 Å². The third-order valence-corrected chi connectivity index (χ3v) is 3.46. The van der Waals surface area contributed by atoms with Gasteiger partial charge < -0.3 is 20.1 Å². The van der Waals surface area contributed by atoms with Crippen molar-refractivity contribution in [2.45, 2.75) is 12.8 Å². The summed E-state index contributed by atoms with van der Waals surface area (Å²) in [6.45, 7) is 1.38. The van der Waals surface area contributed by atoms with E-state index in [1.54, 1.807) is 12.1 Å². The van der Waals surface area contributed by atoms with Crippen LogP contribution in [0.4, 0.5) is 5.69 Å². The predicted molar refractivity (Wildman–Crippen MR) is 71.8 cm³/mol. The van der Waals surface area contributed by atoms with Gasteiger partial charge in [-0.25, -0.2) is 0 Å². The van der Waals surface area contributed by atoms with Crippen LogP contribution in [0.15, 0.2) is 12.1 Å². The maximum absolute atomic E-state index is 11.8. The number of anilines is 1. The quantitative estimate of drug-likeness (QED) is 0.867. The van der Waals surface area contributed by atoms with Crippen molar-refractivity contribution in [1.82, 2.24) is 5.32 Å². The van der Waals surface area contributed by atoms with Crippen molar-refractivity contribution in [3.05, 3.63) is 17.2 Å². The molecule has 3 rings (SSSR count). The summed E-state index contributed by atoms with van der Waals surface area (Å²) in [5, 5.41) is 6.34. The van der Waals surface area contributed by atoms with Crippen molar-refractivity contribution in [3.8, 4) is 11.5 Å². The molecule has 1 saturated carbocycles. The molecule has 1 heterocycles. The minimum Gasteiger partial charge on any atom is -0.454 e. The zero-order valence-corrected chi connectivity index (χ0v) is 11.1. The lowest BCUT2D eigenvalue weighted by Gasteiger charge is -2.09. The molecule has 2 aliphatic rings. The fourth-order valence-corrected chi connectivity index (χ4v) is 2.12. The van der Waals surface area contributed by atoms with E-state index in [0.29, 0.717) is 28.8 Å². The molecule has 0 unspecified atom stereocenters. The molecule has 1 aliphatic heterocycles. The van der Waals surface area contributed by atoms with Crippen LogP contribution in [0.25, 0.3) is 0 Å². The summed E-state index contributed by atoms with van der Waals surface area (Å²) >= 11 is 6.08. The highest BCUT2D eigenvalue weighted by atomic mass is 35.5. The fourth-order valence-electron chi connectivity index (χ4n) is 1.92. The Labute approximate surface area is 116 Å². The number of carbonyl (C=O) groups is 1. The van der Waals surface area contributed by atoms with E-state index in [2.05, 4.69) is 10.6 Å². The Balaban J connectivity index is 1.57. The summed E-state index contributed by atoms with van der Waals surface area (Å²) in [5.41, 5.74) is 0.545. The molecule has 6 heteroatoms. The monoisotopic (exact) mass is 282 g/mol. The highest BCUT2D eigenvalue weighted by Gasteiger charge is 2.21. The van der Waals surface area contributed by atoms with E-state index >= 15 is 0 Å². The summed E-state index contributed by atoms with van der Waals surface area (Å²) < 4.78 is 10.5. The lowest BCUT2D eigenvalue weighted by atomic mass is 10.2. The van der Waals surface area contributed by atoms with Gasteiger partial charge in [0.25, 0.3) is 0 Å². The maximum atomic E-state index is 11.8. The van der Waals surface area contributed by atoms with Crippen molar-refractivity contribution >= 4 is 23.2 Å². The molecule has 0 bridgehead atoms. The van der Waals surface area contributed by atoms with Gasteiger partial charge in [0.2, 0.25) is 12.7 Å². The molecule has 0 aromatic heterocycles. The summed E-state index contributed by atoms with van der Waals surface area (Å²) in [6.07, 6.45) is 2.53. The van der Waals surface area contributed by atoms with E-state index < -0.39 is 0 Å². The van der Waals surface area contributed by atoms with Crippen LogP contribution in [0.1, 0.15) is 12.8 Å². The summed E-state index contributed by atoms with van der Waals surface area (Å²) in [5.74, 6) is 1.85. The third kappa shape index (κ3) is 3.11. The van der Waals surface area contributed by atoms with E-state index in [-0.39, 0.29) is 12.7 Å². The Kier molecular flexibility index (Phi) is 3.48. The molecule has 1 amide bonds. The first-order valence-corrected chi connectivity index (χ1v) is 6.70. The molecule has 1 aliphatic carbocycles. The normalized spacial score (nSPS) is 16.5. The molecule has 0 spiro atoms. The van der Waals surface area contributed by atoms with Crippen molar-refractivity contribution in [1.29, 1.82) is 0 Å². The maximum Gasteiger partial charge on any atom is 0.238 e. The predicted octanol–water partition coefficient (Wildman–Crippen LogP) is 2.01. The molecule has 19 heavy (non-hydrogen) atoms. The van der Waals surface area contributed by atoms with E-state index in [1.165, 1.54) is 12.8 Å². The zero-order chi connectivity index (χ0) is 13.2. The number of amides is 1. The van der Waals surface area contributed by atoms with E-state index in [4.69, 9.17) is 21.1 Å². The van der Waals surface area contributed by atoms with Gasteiger partial charge in [-0.3, -0.25) is 4.79 Å². The van der Waals surface area contributed by atoms with Crippen LogP contribution in [0.5, 0.6) is 11.5 Å². The average molecular weight is 283 g/mol. The van der Waals surface area contributed by atoms with E-state index in [0.717, 1.165) is 12.5 Å². The first-order valence-electron chi connectivity index (χ1n) is 6.32. The van der Waals surface area contributed by atoms with Gasteiger partial charge >= 0.3 is 0 Å². The molecule has 0 saturated heterocycles. The Bertz CT molecular complexity index is 503. The largest absolute Gasteiger partial charge is 0.454 e. The van der Waals surface area contributed by atoms with Crippen LogP contribution in [0.2, 0.25) is 5.02 Å². The second-order valence-corrected chi connectivity index (χ2v) is 5.21. The average Bonchev–Trinajstić information content (AvgIpc) is 3.08. The molecular formula is C13H15ClN2O3. The first kappa shape index (κ1) is 12.6. The topological polar surface area (TPSA) is 59.6 Å². The van der Waals surface area contributed by atoms with Crippen LogP contribution >= 0.6 is 11.6 Å². The summed E-state index contributed by atoms with van der Waals surface area (Å²) in [6, 6.07) is 3.33. The molecule has 1 aromatic carbocycles. The number of hydrogen-bond donors (Lipinski definition) is 2. The van der Waals surface area contributed by atoms with Crippen molar-refractivity contribution < 1.29 is 14.3 Å². The van der Waals surface area contributed by atoms with Crippen LogP contribution in [0.3, 0.4) is 0 Å². The minimum atomic E-state index is -0.110. The van der Waals surface area contributed by atoms with Crippen LogP contribution < -0.4 is 20.1 Å². The molecular weight excluding hydrogens is 268 g/mol. The van der Waals surface area contributed by atoms with Gasteiger partial charge in [0, 0.05) is 12.1 Å². The smallest absolute Gasteiger partial charge is 0.238 e. The molecule has 0 atom stereocenters. The van der Waals surface area contributed by atoms with Crippen LogP contribution in [-0.4, -0.2) is 25.8 Å². The Morgan fingerprint density at radius 1 is 1.32 bits per heavy atom. The van der Waals surface area contributed by atoms with Gasteiger partial charge in [-0.15, -0.1) is 0 Å². The van der Waals surface area contributed by atoms with Gasteiger partial charge in [0.05, 0.1) is 17.3 Å². The number of nitrogens with one attached hydrogen (secondary N) is 2. The Morgan fingerprint density at radius 2 is 2.05 bits per heavy atom. The molecule has 2 N–H and O–H groups in total. The Morgan fingerprint density at radius 3 is 2.79 bits per heavy atom. The Hall–Kier alpha value is -1.46. The lowest BCUT2D eigenvalue weighted by molar-refractivity contribution is -0.115. The number of carbonyl (C=O) groups excluding carboxylic acids is 1. The SMILES string of the molecule is O=C(CNCC1CC1)Nc1cc2c(cc1Cl)OCO2. The van der Waals surface area contributed by atoms with Crippen molar-refractivity contribution in [2.24, 2.45) is 5.92 Å². The van der Waals surface area contributed by atoms with Crippen LogP contribution in [-0.2, 0) is 4.79 Å². The molecule has 1 aromatic rings. The molecule has 5 nitrogen and oxygen atoms in total. The van der Waals surface area contributed by atoms with Gasteiger partial charge in [-0.1, -0.05) is 11.6 Å². The second kappa shape index (κ2) is 5.27. The standard InChI is InChI=1S/C13H15ClN2O3/c14-9-3-11-12(19-7-18-11)4-10(9)16-13(17)6-15-5-8-1-2-8/h3-4,8,15H,1-2,5-7H2,(H,16,17). The molecule has 1 fully saturated rings. The number of rotatable bonds is 5. The third-order valence-electron chi connectivity index (χ3n) is 3.15. The van der Waals surface area contributed by atoms with Crippen LogP contribution in [0, 0.1) is 5.92 Å².